The summed E-state index contributed by atoms with van der Waals surface area (Å²) in [7, 11) is 0. The van der Waals surface area contributed by atoms with E-state index in [2.05, 4.69) is 138 Å². The Kier molecular flexibility index (Phi) is 5.27. The molecule has 1 aromatic heterocycles. The molecule has 1 unspecified atom stereocenters. The van der Waals surface area contributed by atoms with Crippen LogP contribution in [0.1, 0.15) is 5.56 Å². The lowest BCUT2D eigenvalue weighted by molar-refractivity contribution is 0.923. The molecular formula is C37H27N3. The molecule has 3 heteroatoms. The average molecular weight is 514 g/mol. The maximum atomic E-state index is 5.16. The number of nitrogens with one attached hydrogen (secondary N) is 2. The summed E-state index contributed by atoms with van der Waals surface area (Å²) in [5, 5.41) is 13.2. The molecule has 2 aliphatic rings. The summed E-state index contributed by atoms with van der Waals surface area (Å²) >= 11 is 0. The van der Waals surface area contributed by atoms with Crippen LogP contribution in [0.15, 0.2) is 133 Å². The van der Waals surface area contributed by atoms with Gasteiger partial charge in [-0.3, -0.25) is 0 Å². The van der Waals surface area contributed by atoms with E-state index in [1.165, 1.54) is 43.8 Å². The second-order valence-corrected chi connectivity index (χ2v) is 10.5. The van der Waals surface area contributed by atoms with Crippen LogP contribution in [0.25, 0.3) is 60.9 Å². The third-order valence-corrected chi connectivity index (χ3v) is 8.11. The summed E-state index contributed by atoms with van der Waals surface area (Å²) in [6.45, 7) is 0.864. The summed E-state index contributed by atoms with van der Waals surface area (Å²) in [5.74, 6) is 0. The number of dihydropyridines is 1. The van der Waals surface area contributed by atoms with Crippen molar-refractivity contribution in [1.82, 2.24) is 10.3 Å². The Hall–Kier alpha value is -5.15. The normalized spacial score (nSPS) is 16.0. The topological polar surface area (TPSA) is 37.0 Å². The zero-order chi connectivity index (χ0) is 26.5. The lowest BCUT2D eigenvalue weighted by atomic mass is 9.93. The van der Waals surface area contributed by atoms with Crippen molar-refractivity contribution in [3.05, 3.63) is 139 Å². The number of hydrogen-bond donors (Lipinski definition) is 2. The highest BCUT2D eigenvalue weighted by atomic mass is 14.9. The molecule has 8 rings (SSSR count). The van der Waals surface area contributed by atoms with E-state index in [0.29, 0.717) is 0 Å². The van der Waals surface area contributed by atoms with Crippen molar-refractivity contribution in [1.29, 1.82) is 0 Å². The number of rotatable bonds is 3. The van der Waals surface area contributed by atoms with Gasteiger partial charge in [0.15, 0.2) is 0 Å². The molecule has 40 heavy (non-hydrogen) atoms. The summed E-state index contributed by atoms with van der Waals surface area (Å²) < 4.78 is 0. The molecule has 3 nitrogen and oxygen atoms in total. The highest BCUT2D eigenvalue weighted by Gasteiger charge is 2.17. The van der Waals surface area contributed by atoms with E-state index in [1.54, 1.807) is 0 Å². The highest BCUT2D eigenvalue weighted by molar-refractivity contribution is 6.14. The predicted octanol–water partition coefficient (Wildman–Crippen LogP) is 8.73. The van der Waals surface area contributed by atoms with Gasteiger partial charge < -0.3 is 10.6 Å². The van der Waals surface area contributed by atoms with Gasteiger partial charge in [-0.05, 0) is 80.3 Å². The molecule has 2 N–H and O–H groups in total. The third kappa shape index (κ3) is 3.87. The molecule has 0 spiro atoms. The first-order valence-electron chi connectivity index (χ1n) is 13.8. The molecule has 0 amide bonds. The Morgan fingerprint density at radius 1 is 0.675 bits per heavy atom. The van der Waals surface area contributed by atoms with E-state index in [1.807, 2.05) is 6.20 Å². The van der Waals surface area contributed by atoms with Gasteiger partial charge in [0.05, 0.1) is 17.3 Å². The SMILES string of the molecule is C1=CC(C2C=Cc3ccc(-c4ccc5ccc(-c6cc7ccccc7c7ccccc67)cc5n4)cc3N2)=CCN1. The minimum atomic E-state index is 0.171. The summed E-state index contributed by atoms with van der Waals surface area (Å²) in [6, 6.07) is 37.4. The molecule has 0 aliphatic carbocycles. The van der Waals surface area contributed by atoms with Gasteiger partial charge in [0, 0.05) is 23.2 Å². The molecule has 2 aliphatic heterocycles. The second-order valence-electron chi connectivity index (χ2n) is 10.5. The number of hydrogen-bond acceptors (Lipinski definition) is 3. The van der Waals surface area contributed by atoms with Crippen LogP contribution in [-0.2, 0) is 0 Å². The monoisotopic (exact) mass is 513 g/mol. The van der Waals surface area contributed by atoms with E-state index in [4.69, 9.17) is 4.98 Å². The summed E-state index contributed by atoms with van der Waals surface area (Å²) in [4.78, 5) is 5.16. The first-order valence-corrected chi connectivity index (χ1v) is 13.8. The van der Waals surface area contributed by atoms with Crippen molar-refractivity contribution in [2.24, 2.45) is 0 Å². The van der Waals surface area contributed by atoms with E-state index < -0.39 is 0 Å². The Morgan fingerprint density at radius 3 is 2.40 bits per heavy atom. The zero-order valence-electron chi connectivity index (χ0n) is 21.9. The standard InChI is InChI=1S/C37H27N3/c1-2-6-30-27(5-1)21-33(32-8-4-3-7-31(30)32)28-11-9-24-14-16-35(40-36(24)22-28)29-12-10-25-13-15-34(39-37(25)23-29)26-17-19-38-20-18-26/h1-19,21-23,34,38-39H,20H2. The minimum Gasteiger partial charge on any atom is -0.387 e. The zero-order valence-corrected chi connectivity index (χ0v) is 21.9. The van der Waals surface area contributed by atoms with Gasteiger partial charge in [-0.2, -0.15) is 0 Å². The van der Waals surface area contributed by atoms with Crippen LogP contribution in [0.5, 0.6) is 0 Å². The Bertz CT molecular complexity index is 2050. The van der Waals surface area contributed by atoms with Gasteiger partial charge in [0.2, 0.25) is 0 Å². The van der Waals surface area contributed by atoms with Crippen molar-refractivity contribution < 1.29 is 0 Å². The molecule has 0 radical (unpaired) electrons. The minimum absolute atomic E-state index is 0.171. The van der Waals surface area contributed by atoms with Crippen LogP contribution in [0.3, 0.4) is 0 Å². The van der Waals surface area contributed by atoms with Crippen molar-refractivity contribution in [3.8, 4) is 22.4 Å². The second kappa shape index (κ2) is 9.25. The average Bonchev–Trinajstić information content (AvgIpc) is 3.03. The molecule has 6 aromatic rings. The predicted molar refractivity (Wildman–Crippen MR) is 169 cm³/mol. The Morgan fingerprint density at radius 2 is 1.50 bits per heavy atom. The molecular weight excluding hydrogens is 486 g/mol. The van der Waals surface area contributed by atoms with Crippen LogP contribution in [0.2, 0.25) is 0 Å². The van der Waals surface area contributed by atoms with Gasteiger partial charge in [-0.1, -0.05) is 97.1 Å². The number of benzene rings is 5. The van der Waals surface area contributed by atoms with E-state index in [-0.39, 0.29) is 6.04 Å². The van der Waals surface area contributed by atoms with E-state index in [0.717, 1.165) is 34.4 Å². The fraction of sp³-hybridized carbons (Fsp3) is 0.0541. The smallest absolute Gasteiger partial charge is 0.0715 e. The molecule has 0 saturated heterocycles. The summed E-state index contributed by atoms with van der Waals surface area (Å²) in [5.41, 5.74) is 9.12. The molecule has 5 aromatic carbocycles. The van der Waals surface area contributed by atoms with Crippen molar-refractivity contribution in [3.63, 3.8) is 0 Å². The van der Waals surface area contributed by atoms with Gasteiger partial charge in [-0.15, -0.1) is 0 Å². The number of nitrogens with zero attached hydrogens (tertiary/aromatic N) is 1. The van der Waals surface area contributed by atoms with Gasteiger partial charge in [0.25, 0.3) is 0 Å². The maximum Gasteiger partial charge on any atom is 0.0715 e. The van der Waals surface area contributed by atoms with Crippen molar-refractivity contribution in [2.75, 3.05) is 11.9 Å². The Labute approximate surface area is 233 Å². The van der Waals surface area contributed by atoms with Gasteiger partial charge >= 0.3 is 0 Å². The van der Waals surface area contributed by atoms with Crippen LogP contribution in [0, 0.1) is 0 Å². The number of fused-ring (bicyclic) bond motifs is 5. The Balaban J connectivity index is 1.20. The molecule has 0 saturated carbocycles. The van der Waals surface area contributed by atoms with Gasteiger partial charge in [-0.25, -0.2) is 4.98 Å². The maximum absolute atomic E-state index is 5.16. The third-order valence-electron chi connectivity index (χ3n) is 8.11. The molecule has 190 valence electrons. The van der Waals surface area contributed by atoms with Crippen molar-refractivity contribution >= 4 is 44.2 Å². The lowest BCUT2D eigenvalue weighted by Gasteiger charge is -2.25. The number of aromatic nitrogens is 1. The number of pyridine rings is 1. The van der Waals surface area contributed by atoms with Crippen LogP contribution < -0.4 is 10.6 Å². The molecule has 0 bridgehead atoms. The first-order chi connectivity index (χ1) is 19.8. The quantitative estimate of drug-likeness (QED) is 0.232. The largest absolute Gasteiger partial charge is 0.387 e. The molecule has 1 atom stereocenters. The van der Waals surface area contributed by atoms with E-state index in [9.17, 15) is 0 Å². The molecule has 0 fully saturated rings. The molecule has 3 heterocycles. The first kappa shape index (κ1) is 22.8. The van der Waals surface area contributed by atoms with Crippen LogP contribution in [-0.4, -0.2) is 17.6 Å². The lowest BCUT2D eigenvalue weighted by Crippen LogP contribution is -2.24. The van der Waals surface area contributed by atoms with Crippen molar-refractivity contribution in [2.45, 2.75) is 6.04 Å². The fourth-order valence-electron chi connectivity index (χ4n) is 6.03. The van der Waals surface area contributed by atoms with E-state index >= 15 is 0 Å². The van der Waals surface area contributed by atoms with Crippen LogP contribution >= 0.6 is 0 Å². The number of anilines is 1. The fourth-order valence-corrected chi connectivity index (χ4v) is 6.03. The van der Waals surface area contributed by atoms with Crippen LogP contribution in [0.4, 0.5) is 5.69 Å². The van der Waals surface area contributed by atoms with Gasteiger partial charge in [0.1, 0.15) is 0 Å². The summed E-state index contributed by atoms with van der Waals surface area (Å²) in [6.07, 6.45) is 10.8. The highest BCUT2D eigenvalue weighted by Crippen LogP contribution is 2.36.